The molecule has 0 unspecified atom stereocenters. The first-order chi connectivity index (χ1) is 7.90. The molecule has 0 amide bonds. The molecule has 82 valence electrons. The van der Waals surface area contributed by atoms with Crippen molar-refractivity contribution >= 4 is 5.69 Å². The Balaban J connectivity index is 2.13. The molecule has 0 aliphatic carbocycles. The average Bonchev–Trinajstić information content (AvgIpc) is 2.38. The lowest BCUT2D eigenvalue weighted by atomic mass is 10.1. The van der Waals surface area contributed by atoms with Gasteiger partial charge < -0.3 is 11.1 Å². The Kier molecular flexibility index (Phi) is 3.57. The van der Waals surface area contributed by atoms with Crippen molar-refractivity contribution in [3.8, 4) is 0 Å². The van der Waals surface area contributed by atoms with Crippen LogP contribution in [-0.2, 0) is 0 Å². The first-order valence-electron chi connectivity index (χ1n) is 5.47. The quantitative estimate of drug-likeness (QED) is 0.817. The Morgan fingerprint density at radius 2 is 1.44 bits per heavy atom. The van der Waals surface area contributed by atoms with Crippen LogP contribution >= 0.6 is 0 Å². The zero-order valence-corrected chi connectivity index (χ0v) is 9.14. The van der Waals surface area contributed by atoms with Crippen molar-refractivity contribution in [3.05, 3.63) is 66.2 Å². The summed E-state index contributed by atoms with van der Waals surface area (Å²) < 4.78 is 0. The van der Waals surface area contributed by atoms with Crippen molar-refractivity contribution in [2.45, 2.75) is 6.04 Å². The number of anilines is 1. The molecule has 0 aliphatic heterocycles. The van der Waals surface area contributed by atoms with Gasteiger partial charge in [-0.2, -0.15) is 0 Å². The van der Waals surface area contributed by atoms with Gasteiger partial charge in [0.15, 0.2) is 0 Å². The summed E-state index contributed by atoms with van der Waals surface area (Å²) in [7, 11) is 0. The van der Waals surface area contributed by atoms with Gasteiger partial charge in [-0.25, -0.2) is 0 Å². The molecule has 0 aromatic heterocycles. The summed E-state index contributed by atoms with van der Waals surface area (Å²) in [6.07, 6.45) is 0. The normalized spacial score (nSPS) is 12.1. The van der Waals surface area contributed by atoms with Crippen molar-refractivity contribution < 1.29 is 0 Å². The molecule has 16 heavy (non-hydrogen) atoms. The summed E-state index contributed by atoms with van der Waals surface area (Å²) in [5, 5.41) is 3.42. The highest BCUT2D eigenvalue weighted by atomic mass is 14.9. The molecule has 0 radical (unpaired) electrons. The summed E-state index contributed by atoms with van der Waals surface area (Å²) in [6.45, 7) is 0.582. The van der Waals surface area contributed by atoms with Gasteiger partial charge in [0.05, 0.1) is 6.04 Å². The highest BCUT2D eigenvalue weighted by Crippen LogP contribution is 2.17. The summed E-state index contributed by atoms with van der Waals surface area (Å²) in [5.74, 6) is 0. The van der Waals surface area contributed by atoms with E-state index < -0.39 is 0 Å². The van der Waals surface area contributed by atoms with E-state index in [-0.39, 0.29) is 6.04 Å². The minimum absolute atomic E-state index is 0.170. The molecule has 0 aliphatic rings. The minimum atomic E-state index is 0.170. The van der Waals surface area contributed by atoms with Crippen LogP contribution in [0.5, 0.6) is 0 Å². The highest BCUT2D eigenvalue weighted by Gasteiger charge is 2.07. The maximum atomic E-state index is 5.79. The van der Waals surface area contributed by atoms with E-state index in [2.05, 4.69) is 17.4 Å². The highest BCUT2D eigenvalue weighted by molar-refractivity contribution is 5.45. The van der Waals surface area contributed by atoms with Crippen molar-refractivity contribution in [2.75, 3.05) is 11.9 Å². The third kappa shape index (κ3) is 2.61. The van der Waals surface area contributed by atoms with Gasteiger partial charge in [-0.05, 0) is 17.7 Å². The van der Waals surface area contributed by atoms with E-state index in [1.165, 1.54) is 5.56 Å². The number of nitrogens with two attached hydrogens (primary N) is 1. The largest absolute Gasteiger partial charge is 0.377 e. The van der Waals surface area contributed by atoms with E-state index in [1.54, 1.807) is 0 Å². The monoisotopic (exact) mass is 212 g/mol. The molecule has 0 spiro atoms. The Hall–Kier alpha value is -1.80. The molecule has 0 bridgehead atoms. The van der Waals surface area contributed by atoms with Crippen molar-refractivity contribution in [2.24, 2.45) is 5.73 Å². The van der Waals surface area contributed by atoms with Crippen molar-refractivity contribution in [1.82, 2.24) is 0 Å². The molecule has 3 N–H and O–H groups in total. The molecule has 0 fully saturated rings. The summed E-state index contributed by atoms with van der Waals surface area (Å²) in [4.78, 5) is 0. The first-order valence-corrected chi connectivity index (χ1v) is 5.47. The van der Waals surface area contributed by atoms with Gasteiger partial charge in [0, 0.05) is 12.2 Å². The molecule has 2 heteroatoms. The number of benzene rings is 2. The zero-order chi connectivity index (χ0) is 11.2. The second-order valence-electron chi connectivity index (χ2n) is 3.71. The van der Waals surface area contributed by atoms with Gasteiger partial charge in [0.2, 0.25) is 0 Å². The van der Waals surface area contributed by atoms with Crippen LogP contribution in [0.25, 0.3) is 0 Å². The molecule has 0 saturated carbocycles. The predicted octanol–water partition coefficient (Wildman–Crippen LogP) is 2.80. The van der Waals surface area contributed by atoms with Gasteiger partial charge in [-0.1, -0.05) is 48.5 Å². The first kappa shape index (κ1) is 10.7. The third-order valence-electron chi connectivity index (χ3n) is 2.55. The van der Waals surface area contributed by atoms with Gasteiger partial charge in [0.1, 0.15) is 0 Å². The second kappa shape index (κ2) is 5.33. The fraction of sp³-hybridized carbons (Fsp3) is 0.143. The molecule has 0 saturated heterocycles. The Morgan fingerprint density at radius 1 is 0.875 bits per heavy atom. The molecule has 2 aromatic rings. The van der Waals surface area contributed by atoms with Crippen LogP contribution < -0.4 is 11.1 Å². The lowest BCUT2D eigenvalue weighted by Gasteiger charge is -2.18. The van der Waals surface area contributed by atoms with Crippen LogP contribution in [-0.4, -0.2) is 6.54 Å². The summed E-state index contributed by atoms with van der Waals surface area (Å²) in [5.41, 5.74) is 8.11. The van der Waals surface area contributed by atoms with E-state index >= 15 is 0 Å². The number of para-hydroxylation sites is 1. The molecule has 1 atom stereocenters. The van der Waals surface area contributed by atoms with Crippen molar-refractivity contribution in [3.63, 3.8) is 0 Å². The van der Waals surface area contributed by atoms with Crippen LogP contribution in [0.1, 0.15) is 11.6 Å². The van der Waals surface area contributed by atoms with Crippen LogP contribution in [0.2, 0.25) is 0 Å². The van der Waals surface area contributed by atoms with Crippen LogP contribution in [0.15, 0.2) is 60.7 Å². The number of hydrogen-bond donors (Lipinski definition) is 2. The Bertz CT molecular complexity index is 411. The molecule has 2 aromatic carbocycles. The molecule has 0 heterocycles. The van der Waals surface area contributed by atoms with Gasteiger partial charge in [-0.3, -0.25) is 0 Å². The Morgan fingerprint density at radius 3 is 2.00 bits per heavy atom. The lowest BCUT2D eigenvalue weighted by Crippen LogP contribution is -2.20. The second-order valence-corrected chi connectivity index (χ2v) is 3.71. The van der Waals surface area contributed by atoms with Crippen molar-refractivity contribution in [1.29, 1.82) is 0 Å². The van der Waals surface area contributed by atoms with E-state index in [4.69, 9.17) is 5.73 Å². The van der Waals surface area contributed by atoms with Crippen LogP contribution in [0.3, 0.4) is 0 Å². The van der Waals surface area contributed by atoms with Crippen LogP contribution in [0, 0.1) is 0 Å². The number of nitrogens with one attached hydrogen (secondary N) is 1. The van der Waals surface area contributed by atoms with Gasteiger partial charge in [-0.15, -0.1) is 0 Å². The smallest absolute Gasteiger partial charge is 0.0636 e. The maximum absolute atomic E-state index is 5.79. The topological polar surface area (TPSA) is 38.0 Å². The summed E-state index contributed by atoms with van der Waals surface area (Å²) in [6, 6.07) is 20.6. The Labute approximate surface area is 96.1 Å². The van der Waals surface area contributed by atoms with Crippen LogP contribution in [0.4, 0.5) is 5.69 Å². The molecular formula is C14H16N2. The lowest BCUT2D eigenvalue weighted by molar-refractivity contribution is 0.790. The SMILES string of the molecule is NC[C@@H](Nc1ccccc1)c1ccccc1. The maximum Gasteiger partial charge on any atom is 0.0636 e. The van der Waals surface area contributed by atoms with Gasteiger partial charge >= 0.3 is 0 Å². The fourth-order valence-corrected chi connectivity index (χ4v) is 1.70. The van der Waals surface area contributed by atoms with E-state index in [0.29, 0.717) is 6.54 Å². The fourth-order valence-electron chi connectivity index (χ4n) is 1.70. The molecular weight excluding hydrogens is 196 g/mol. The molecule has 2 nitrogen and oxygen atoms in total. The van der Waals surface area contributed by atoms with E-state index in [0.717, 1.165) is 5.69 Å². The van der Waals surface area contributed by atoms with Gasteiger partial charge in [0.25, 0.3) is 0 Å². The number of hydrogen-bond acceptors (Lipinski definition) is 2. The minimum Gasteiger partial charge on any atom is -0.377 e. The molecule has 2 rings (SSSR count). The van der Waals surface area contributed by atoms with E-state index in [1.807, 2.05) is 48.5 Å². The third-order valence-corrected chi connectivity index (χ3v) is 2.55. The standard InChI is InChI=1S/C14H16N2/c15-11-14(12-7-3-1-4-8-12)16-13-9-5-2-6-10-13/h1-10,14,16H,11,15H2/t14-/m1/s1. The van der Waals surface area contributed by atoms with E-state index in [9.17, 15) is 0 Å². The summed E-state index contributed by atoms with van der Waals surface area (Å²) >= 11 is 0. The number of rotatable bonds is 4. The average molecular weight is 212 g/mol. The predicted molar refractivity (Wildman–Crippen MR) is 68.3 cm³/mol. The zero-order valence-electron chi connectivity index (χ0n) is 9.14.